The molecule has 0 N–H and O–H groups in total. The fourth-order valence-corrected chi connectivity index (χ4v) is 4.61. The van der Waals surface area contributed by atoms with Crippen molar-refractivity contribution >= 4 is 39.1 Å². The Bertz CT molecular complexity index is 900. The minimum atomic E-state index is 0.0166. The van der Waals surface area contributed by atoms with E-state index >= 15 is 0 Å². The molecule has 1 fully saturated rings. The molecule has 0 spiro atoms. The van der Waals surface area contributed by atoms with Crippen LogP contribution in [0, 0.1) is 0 Å². The molecule has 0 aliphatic carbocycles. The first kappa shape index (κ1) is 17.5. The molecule has 1 atom stereocenters. The molecule has 6 heteroatoms. The summed E-state index contributed by atoms with van der Waals surface area (Å²) in [5.41, 5.74) is 1.65. The fourth-order valence-electron chi connectivity index (χ4n) is 3.34. The number of carbonyl (C=O) groups excluding carboxylic acids is 1. The first-order chi connectivity index (χ1) is 12.6. The maximum Gasteiger partial charge on any atom is 0.255 e. The third-order valence-electron chi connectivity index (χ3n) is 4.92. The highest BCUT2D eigenvalue weighted by Crippen LogP contribution is 2.30. The number of piperazine rings is 1. The predicted octanol–water partition coefficient (Wildman–Crippen LogP) is 4.47. The largest absolute Gasteiger partial charge is 0.336 e. The SMILES string of the molecule is CC(c1nc2ccccc2s1)N1CCN(C(=O)c2ccccc2Cl)CC1. The first-order valence-corrected chi connectivity index (χ1v) is 9.96. The summed E-state index contributed by atoms with van der Waals surface area (Å²) >= 11 is 7.93. The highest BCUT2D eigenvalue weighted by molar-refractivity contribution is 7.18. The van der Waals surface area contributed by atoms with Gasteiger partial charge in [0.2, 0.25) is 0 Å². The van der Waals surface area contributed by atoms with Gasteiger partial charge in [-0.1, -0.05) is 35.9 Å². The number of amides is 1. The van der Waals surface area contributed by atoms with Gasteiger partial charge in [-0.15, -0.1) is 11.3 Å². The number of thiazole rings is 1. The van der Waals surface area contributed by atoms with Crippen LogP contribution in [0.25, 0.3) is 10.2 Å². The molecule has 1 aliphatic rings. The summed E-state index contributed by atoms with van der Waals surface area (Å²) in [7, 11) is 0. The molecule has 0 radical (unpaired) electrons. The van der Waals surface area contributed by atoms with Crippen molar-refractivity contribution in [3.8, 4) is 0 Å². The Kier molecular flexibility index (Phi) is 4.94. The van der Waals surface area contributed by atoms with E-state index in [2.05, 4.69) is 24.0 Å². The number of rotatable bonds is 3. The molecule has 0 saturated carbocycles. The summed E-state index contributed by atoms with van der Waals surface area (Å²) in [6, 6.07) is 15.8. The van der Waals surface area contributed by atoms with Crippen molar-refractivity contribution in [3.63, 3.8) is 0 Å². The first-order valence-electron chi connectivity index (χ1n) is 8.77. The maximum absolute atomic E-state index is 12.7. The number of nitrogens with zero attached hydrogens (tertiary/aromatic N) is 3. The zero-order valence-electron chi connectivity index (χ0n) is 14.6. The number of carbonyl (C=O) groups is 1. The van der Waals surface area contributed by atoms with Crippen LogP contribution in [0.1, 0.15) is 28.3 Å². The molecule has 1 aromatic heterocycles. The number of para-hydroxylation sites is 1. The third-order valence-corrected chi connectivity index (χ3v) is 6.46. The quantitative estimate of drug-likeness (QED) is 0.667. The van der Waals surface area contributed by atoms with Gasteiger partial charge in [-0.3, -0.25) is 9.69 Å². The fraction of sp³-hybridized carbons (Fsp3) is 0.300. The predicted molar refractivity (Wildman–Crippen MR) is 107 cm³/mol. The van der Waals surface area contributed by atoms with Crippen LogP contribution in [0.2, 0.25) is 5.02 Å². The lowest BCUT2D eigenvalue weighted by atomic mass is 10.1. The van der Waals surface area contributed by atoms with Gasteiger partial charge in [-0.05, 0) is 31.2 Å². The van der Waals surface area contributed by atoms with E-state index in [0.717, 1.165) is 23.6 Å². The summed E-state index contributed by atoms with van der Waals surface area (Å²) in [6.07, 6.45) is 0. The molecule has 26 heavy (non-hydrogen) atoms. The third kappa shape index (κ3) is 3.34. The Hall–Kier alpha value is -1.95. The van der Waals surface area contributed by atoms with E-state index in [-0.39, 0.29) is 11.9 Å². The topological polar surface area (TPSA) is 36.4 Å². The maximum atomic E-state index is 12.7. The molecular weight excluding hydrogens is 366 g/mol. The lowest BCUT2D eigenvalue weighted by Crippen LogP contribution is -2.49. The van der Waals surface area contributed by atoms with Gasteiger partial charge in [-0.25, -0.2) is 4.98 Å². The van der Waals surface area contributed by atoms with Crippen LogP contribution in [0.15, 0.2) is 48.5 Å². The number of aromatic nitrogens is 1. The molecule has 0 bridgehead atoms. The summed E-state index contributed by atoms with van der Waals surface area (Å²) in [5.74, 6) is 0.0166. The molecule has 4 nitrogen and oxygen atoms in total. The number of fused-ring (bicyclic) bond motifs is 1. The van der Waals surface area contributed by atoms with Crippen LogP contribution in [0.5, 0.6) is 0 Å². The Labute approximate surface area is 162 Å². The molecule has 134 valence electrons. The number of hydrogen-bond acceptors (Lipinski definition) is 4. The van der Waals surface area contributed by atoms with Crippen molar-refractivity contribution in [3.05, 3.63) is 64.1 Å². The van der Waals surface area contributed by atoms with Gasteiger partial charge < -0.3 is 4.90 Å². The minimum absolute atomic E-state index is 0.0166. The second kappa shape index (κ2) is 7.35. The van der Waals surface area contributed by atoms with Gasteiger partial charge in [0, 0.05) is 26.2 Å². The van der Waals surface area contributed by atoms with Crippen molar-refractivity contribution < 1.29 is 4.79 Å². The van der Waals surface area contributed by atoms with E-state index in [1.807, 2.05) is 29.2 Å². The van der Waals surface area contributed by atoms with E-state index in [9.17, 15) is 4.79 Å². The van der Waals surface area contributed by atoms with Gasteiger partial charge in [0.25, 0.3) is 5.91 Å². The second-order valence-corrected chi connectivity index (χ2v) is 7.97. The number of halogens is 1. The van der Waals surface area contributed by atoms with Crippen molar-refractivity contribution in [1.82, 2.24) is 14.8 Å². The zero-order chi connectivity index (χ0) is 18.1. The molecule has 1 saturated heterocycles. The molecule has 3 aromatic rings. The highest BCUT2D eigenvalue weighted by atomic mass is 35.5. The summed E-state index contributed by atoms with van der Waals surface area (Å²) in [5, 5.41) is 1.65. The summed E-state index contributed by atoms with van der Waals surface area (Å²) in [6.45, 7) is 5.29. The van der Waals surface area contributed by atoms with Crippen LogP contribution >= 0.6 is 22.9 Å². The Morgan fingerprint density at radius 2 is 1.77 bits per heavy atom. The van der Waals surface area contributed by atoms with E-state index < -0.39 is 0 Å². The number of benzene rings is 2. The van der Waals surface area contributed by atoms with E-state index in [1.54, 1.807) is 23.5 Å². The molecular formula is C20H20ClN3OS. The van der Waals surface area contributed by atoms with Crippen LogP contribution in [0.4, 0.5) is 0 Å². The number of hydrogen-bond donors (Lipinski definition) is 0. The molecule has 1 aliphatic heterocycles. The van der Waals surface area contributed by atoms with Crippen molar-refractivity contribution in [2.75, 3.05) is 26.2 Å². The summed E-state index contributed by atoms with van der Waals surface area (Å²) < 4.78 is 1.22. The second-order valence-electron chi connectivity index (χ2n) is 6.50. The van der Waals surface area contributed by atoms with Crippen molar-refractivity contribution in [1.29, 1.82) is 0 Å². The lowest BCUT2D eigenvalue weighted by molar-refractivity contribution is 0.0582. The molecule has 1 unspecified atom stereocenters. The Morgan fingerprint density at radius 3 is 2.50 bits per heavy atom. The van der Waals surface area contributed by atoms with Crippen LogP contribution < -0.4 is 0 Å². The van der Waals surface area contributed by atoms with E-state index in [4.69, 9.17) is 16.6 Å². The van der Waals surface area contributed by atoms with E-state index in [1.165, 1.54) is 4.70 Å². The average molecular weight is 386 g/mol. The highest BCUT2D eigenvalue weighted by Gasteiger charge is 2.27. The smallest absolute Gasteiger partial charge is 0.255 e. The molecule has 2 aromatic carbocycles. The van der Waals surface area contributed by atoms with Gasteiger partial charge in [0.15, 0.2) is 0 Å². The summed E-state index contributed by atoms with van der Waals surface area (Å²) in [4.78, 5) is 21.8. The van der Waals surface area contributed by atoms with Gasteiger partial charge in [-0.2, -0.15) is 0 Å². The minimum Gasteiger partial charge on any atom is -0.336 e. The van der Waals surface area contributed by atoms with Gasteiger partial charge in [0.05, 0.1) is 26.8 Å². The van der Waals surface area contributed by atoms with Gasteiger partial charge >= 0.3 is 0 Å². The standard InChI is InChI=1S/C20H20ClN3OS/c1-14(19-22-17-8-4-5-9-18(17)26-19)23-10-12-24(13-11-23)20(25)15-6-2-3-7-16(15)21/h2-9,14H,10-13H2,1H3. The Morgan fingerprint density at radius 1 is 1.08 bits per heavy atom. The molecule has 1 amide bonds. The monoisotopic (exact) mass is 385 g/mol. The Balaban J connectivity index is 1.43. The van der Waals surface area contributed by atoms with E-state index in [0.29, 0.717) is 23.7 Å². The van der Waals surface area contributed by atoms with Crippen LogP contribution in [0.3, 0.4) is 0 Å². The van der Waals surface area contributed by atoms with Gasteiger partial charge in [0.1, 0.15) is 5.01 Å². The van der Waals surface area contributed by atoms with Crippen LogP contribution in [-0.4, -0.2) is 46.9 Å². The van der Waals surface area contributed by atoms with Crippen molar-refractivity contribution in [2.45, 2.75) is 13.0 Å². The lowest BCUT2D eigenvalue weighted by Gasteiger charge is -2.37. The normalized spacial score (nSPS) is 16.8. The zero-order valence-corrected chi connectivity index (χ0v) is 16.1. The van der Waals surface area contributed by atoms with Crippen LogP contribution in [-0.2, 0) is 0 Å². The molecule has 2 heterocycles. The molecule has 4 rings (SSSR count). The average Bonchev–Trinajstić information content (AvgIpc) is 3.11. The van der Waals surface area contributed by atoms with Crippen molar-refractivity contribution in [2.24, 2.45) is 0 Å².